The SMILES string of the molecule is C=C1c2cc(C)ccc2Nc2ccc([N+]#N)cc21.CC.CC. The van der Waals surface area contributed by atoms with Crippen molar-refractivity contribution in [3.63, 3.8) is 0 Å². The summed E-state index contributed by atoms with van der Waals surface area (Å²) in [5, 5.41) is 12.2. The topological polar surface area (TPSA) is 40.2 Å². The van der Waals surface area contributed by atoms with Crippen LogP contribution >= 0.6 is 0 Å². The quantitative estimate of drug-likeness (QED) is 0.471. The molecule has 1 N–H and O–H groups in total. The summed E-state index contributed by atoms with van der Waals surface area (Å²) >= 11 is 0. The zero-order chi connectivity index (χ0) is 16.7. The molecule has 0 aliphatic carbocycles. The lowest BCUT2D eigenvalue weighted by Crippen LogP contribution is -2.05. The van der Waals surface area contributed by atoms with Crippen molar-refractivity contribution < 1.29 is 0 Å². The van der Waals surface area contributed by atoms with E-state index in [0.717, 1.165) is 28.1 Å². The molecule has 0 fully saturated rings. The smallest absolute Gasteiger partial charge is 0.355 e. The maximum absolute atomic E-state index is 8.84. The second-order valence-corrected chi connectivity index (χ2v) is 4.48. The Kier molecular flexibility index (Phi) is 6.34. The van der Waals surface area contributed by atoms with Crippen LogP contribution in [0.4, 0.5) is 17.1 Å². The second-order valence-electron chi connectivity index (χ2n) is 4.48. The fourth-order valence-corrected chi connectivity index (χ4v) is 2.26. The van der Waals surface area contributed by atoms with Crippen LogP contribution in [-0.2, 0) is 0 Å². The summed E-state index contributed by atoms with van der Waals surface area (Å²) in [6, 6.07) is 11.7. The van der Waals surface area contributed by atoms with Crippen molar-refractivity contribution in [2.75, 3.05) is 5.32 Å². The molecule has 0 saturated carbocycles. The predicted octanol–water partition coefficient (Wildman–Crippen LogP) is 6.65. The molecule has 2 aromatic carbocycles. The first-order valence-electron chi connectivity index (χ1n) is 7.75. The van der Waals surface area contributed by atoms with E-state index in [4.69, 9.17) is 5.39 Å². The zero-order valence-electron chi connectivity index (χ0n) is 14.1. The van der Waals surface area contributed by atoms with Crippen molar-refractivity contribution in [1.82, 2.24) is 0 Å². The van der Waals surface area contributed by atoms with Gasteiger partial charge in [-0.3, -0.25) is 0 Å². The van der Waals surface area contributed by atoms with Gasteiger partial charge in [0.05, 0.1) is 0 Å². The van der Waals surface area contributed by atoms with E-state index in [1.165, 1.54) is 5.56 Å². The summed E-state index contributed by atoms with van der Waals surface area (Å²) in [5.74, 6) is 0. The van der Waals surface area contributed by atoms with E-state index >= 15 is 0 Å². The molecule has 0 aromatic heterocycles. The Balaban J connectivity index is 0.000000561. The molecule has 3 heteroatoms. The van der Waals surface area contributed by atoms with Gasteiger partial charge in [0.1, 0.15) is 0 Å². The number of diazo groups is 1. The van der Waals surface area contributed by atoms with Crippen molar-refractivity contribution in [2.24, 2.45) is 0 Å². The summed E-state index contributed by atoms with van der Waals surface area (Å²) in [6.45, 7) is 14.2. The Morgan fingerprint density at radius 3 is 2.05 bits per heavy atom. The molecule has 1 aliphatic rings. The number of aryl methyl sites for hydroxylation is 1. The first-order chi connectivity index (χ1) is 10.7. The third-order valence-electron chi connectivity index (χ3n) is 3.21. The van der Waals surface area contributed by atoms with Crippen LogP contribution in [0.25, 0.3) is 10.5 Å². The molecule has 22 heavy (non-hydrogen) atoms. The molecule has 0 amide bonds. The van der Waals surface area contributed by atoms with Gasteiger partial charge in [-0.25, -0.2) is 0 Å². The van der Waals surface area contributed by atoms with Gasteiger partial charge in [-0.1, -0.05) is 45.9 Å². The van der Waals surface area contributed by atoms with E-state index in [-0.39, 0.29) is 0 Å². The van der Waals surface area contributed by atoms with Gasteiger partial charge in [0.25, 0.3) is 0 Å². The van der Waals surface area contributed by atoms with E-state index in [1.807, 2.05) is 39.8 Å². The summed E-state index contributed by atoms with van der Waals surface area (Å²) in [7, 11) is 0. The number of hydrogen-bond acceptors (Lipinski definition) is 2. The molecule has 0 bridgehead atoms. The predicted molar refractivity (Wildman–Crippen MR) is 96.5 cm³/mol. The number of rotatable bonds is 0. The first-order valence-corrected chi connectivity index (χ1v) is 7.75. The van der Waals surface area contributed by atoms with E-state index in [1.54, 1.807) is 6.07 Å². The van der Waals surface area contributed by atoms with E-state index < -0.39 is 0 Å². The number of anilines is 2. The number of nitrogens with zero attached hydrogens (tertiary/aromatic N) is 2. The minimum atomic E-state index is 0.535. The minimum Gasteiger partial charge on any atom is -0.355 e. The summed E-state index contributed by atoms with van der Waals surface area (Å²) in [6.07, 6.45) is 0. The standard InChI is InChI=1S/C15H12N3.2C2H6/c1-9-3-5-14-12(7-9)10(2)13-8-11(18-16)4-6-15(13)17-14;2*1-2/h3-8,17H,2H2,1H3;2*1-2H3/q+1;;. The molecule has 0 unspecified atom stereocenters. The molecule has 1 heterocycles. The highest BCUT2D eigenvalue weighted by molar-refractivity contribution is 5.97. The summed E-state index contributed by atoms with van der Waals surface area (Å²) in [5.41, 5.74) is 6.81. The van der Waals surface area contributed by atoms with Crippen LogP contribution < -0.4 is 5.32 Å². The Bertz CT molecular complexity index is 709. The molecule has 2 aromatic rings. The van der Waals surface area contributed by atoms with Gasteiger partial charge >= 0.3 is 5.69 Å². The zero-order valence-corrected chi connectivity index (χ0v) is 14.1. The largest absolute Gasteiger partial charge is 0.385 e. The van der Waals surface area contributed by atoms with Gasteiger partial charge < -0.3 is 5.32 Å². The molecule has 1 aliphatic heterocycles. The lowest BCUT2D eigenvalue weighted by Gasteiger charge is -2.23. The first kappa shape index (κ1) is 17.5. The normalized spacial score (nSPS) is 10.5. The van der Waals surface area contributed by atoms with E-state index in [9.17, 15) is 0 Å². The highest BCUT2D eigenvalue weighted by Crippen LogP contribution is 2.41. The van der Waals surface area contributed by atoms with Gasteiger partial charge in [-0.2, -0.15) is 0 Å². The van der Waals surface area contributed by atoms with Crippen LogP contribution in [0.5, 0.6) is 0 Å². The average Bonchev–Trinajstić information content (AvgIpc) is 2.59. The molecular formula is C19H24N3+. The molecular weight excluding hydrogens is 270 g/mol. The van der Waals surface area contributed by atoms with Crippen LogP contribution in [0.15, 0.2) is 43.0 Å². The van der Waals surface area contributed by atoms with Gasteiger partial charge in [0, 0.05) is 34.6 Å². The molecule has 3 rings (SSSR count). The molecule has 3 nitrogen and oxygen atoms in total. The van der Waals surface area contributed by atoms with Gasteiger partial charge in [-0.05, 0) is 30.7 Å². The highest BCUT2D eigenvalue weighted by Gasteiger charge is 2.21. The molecule has 0 atom stereocenters. The van der Waals surface area contributed by atoms with Crippen molar-refractivity contribution in [1.29, 1.82) is 5.39 Å². The lowest BCUT2D eigenvalue weighted by atomic mass is 9.91. The minimum absolute atomic E-state index is 0.535. The third-order valence-corrected chi connectivity index (χ3v) is 3.21. The Morgan fingerprint density at radius 2 is 1.45 bits per heavy atom. The number of hydrogen-bond donors (Lipinski definition) is 1. The fraction of sp³-hybridized carbons (Fsp3) is 0.263. The summed E-state index contributed by atoms with van der Waals surface area (Å²) < 4.78 is 0. The van der Waals surface area contributed by atoms with Crippen molar-refractivity contribution >= 4 is 22.6 Å². The van der Waals surface area contributed by atoms with Crippen LogP contribution in [0, 0.1) is 12.3 Å². The van der Waals surface area contributed by atoms with E-state index in [0.29, 0.717) is 5.69 Å². The van der Waals surface area contributed by atoms with Crippen LogP contribution in [0.2, 0.25) is 0 Å². The molecule has 0 radical (unpaired) electrons. The number of nitrogens with one attached hydrogen (secondary N) is 1. The number of benzene rings is 2. The van der Waals surface area contributed by atoms with Crippen LogP contribution in [0.3, 0.4) is 0 Å². The Hall–Kier alpha value is -2.60. The van der Waals surface area contributed by atoms with Gasteiger partial charge in [0.15, 0.2) is 4.98 Å². The van der Waals surface area contributed by atoms with Crippen molar-refractivity contribution in [2.45, 2.75) is 34.6 Å². The van der Waals surface area contributed by atoms with Crippen LogP contribution in [0.1, 0.15) is 44.4 Å². The maximum atomic E-state index is 8.84. The number of fused-ring (bicyclic) bond motifs is 2. The highest BCUT2D eigenvalue weighted by atomic mass is 14.9. The Morgan fingerprint density at radius 1 is 0.909 bits per heavy atom. The van der Waals surface area contributed by atoms with Crippen LogP contribution in [-0.4, -0.2) is 0 Å². The fourth-order valence-electron chi connectivity index (χ4n) is 2.26. The van der Waals surface area contributed by atoms with E-state index in [2.05, 4.69) is 42.0 Å². The molecule has 0 spiro atoms. The molecule has 0 saturated heterocycles. The van der Waals surface area contributed by atoms with Crippen molar-refractivity contribution in [3.05, 3.63) is 64.6 Å². The average molecular weight is 294 g/mol. The van der Waals surface area contributed by atoms with Crippen molar-refractivity contribution in [3.8, 4) is 0 Å². The van der Waals surface area contributed by atoms with Gasteiger partial charge in [0.2, 0.25) is 5.39 Å². The lowest BCUT2D eigenvalue weighted by molar-refractivity contribution is 1.39. The summed E-state index contributed by atoms with van der Waals surface area (Å²) in [4.78, 5) is 3.22. The Labute approximate surface area is 133 Å². The maximum Gasteiger partial charge on any atom is 0.385 e. The monoisotopic (exact) mass is 294 g/mol. The van der Waals surface area contributed by atoms with Gasteiger partial charge in [-0.15, -0.1) is 0 Å². The third kappa shape index (κ3) is 3.35. The molecule has 114 valence electrons. The second kappa shape index (κ2) is 7.99.